The molecule has 0 fully saturated rings. The largest absolute Gasteiger partial charge is 0.393 e. The maximum Gasteiger partial charge on any atom is 0.126 e. The van der Waals surface area contributed by atoms with Crippen LogP contribution in [0.2, 0.25) is 0 Å². The minimum absolute atomic E-state index is 0.00352. The SMILES string of the molecule is CC(O)C(C)Cc1cc(F)cc(F)c1. The molecule has 1 N–H and O–H groups in total. The third-order valence-corrected chi connectivity index (χ3v) is 2.30. The molecule has 0 aliphatic rings. The average Bonchev–Trinajstić information content (AvgIpc) is 2.01. The third-order valence-electron chi connectivity index (χ3n) is 2.30. The predicted molar refractivity (Wildman–Crippen MR) is 50.9 cm³/mol. The summed E-state index contributed by atoms with van der Waals surface area (Å²) < 4.78 is 25.6. The van der Waals surface area contributed by atoms with Gasteiger partial charge in [0, 0.05) is 6.07 Å². The summed E-state index contributed by atoms with van der Waals surface area (Å²) in [7, 11) is 0. The van der Waals surface area contributed by atoms with Crippen LogP contribution in [0.4, 0.5) is 8.78 Å². The Morgan fingerprint density at radius 2 is 1.64 bits per heavy atom. The van der Waals surface area contributed by atoms with E-state index in [1.165, 1.54) is 12.1 Å². The Morgan fingerprint density at radius 3 is 2.07 bits per heavy atom. The van der Waals surface area contributed by atoms with Crippen molar-refractivity contribution < 1.29 is 13.9 Å². The molecule has 0 aliphatic heterocycles. The third kappa shape index (κ3) is 3.07. The van der Waals surface area contributed by atoms with Crippen LogP contribution in [0.1, 0.15) is 19.4 Å². The second-order valence-electron chi connectivity index (χ2n) is 3.70. The van der Waals surface area contributed by atoms with Crippen molar-refractivity contribution in [3.8, 4) is 0 Å². The smallest absolute Gasteiger partial charge is 0.126 e. The predicted octanol–water partition coefficient (Wildman–Crippen LogP) is 2.52. The highest BCUT2D eigenvalue weighted by Crippen LogP contribution is 2.14. The minimum Gasteiger partial charge on any atom is -0.393 e. The fourth-order valence-corrected chi connectivity index (χ4v) is 1.27. The molecule has 2 unspecified atom stereocenters. The van der Waals surface area contributed by atoms with Crippen LogP contribution in [0.5, 0.6) is 0 Å². The summed E-state index contributed by atoms with van der Waals surface area (Å²) in [6.45, 7) is 3.51. The summed E-state index contributed by atoms with van der Waals surface area (Å²) in [5.41, 5.74) is 0.580. The fourth-order valence-electron chi connectivity index (χ4n) is 1.27. The molecule has 0 aliphatic carbocycles. The van der Waals surface area contributed by atoms with Gasteiger partial charge in [-0.3, -0.25) is 0 Å². The quantitative estimate of drug-likeness (QED) is 0.794. The van der Waals surface area contributed by atoms with E-state index in [9.17, 15) is 13.9 Å². The monoisotopic (exact) mass is 200 g/mol. The normalized spacial score (nSPS) is 15.2. The van der Waals surface area contributed by atoms with E-state index in [1.54, 1.807) is 6.92 Å². The molecule has 0 bridgehead atoms. The Kier molecular flexibility index (Phi) is 3.58. The van der Waals surface area contributed by atoms with Gasteiger partial charge in [0.1, 0.15) is 11.6 Å². The van der Waals surface area contributed by atoms with Crippen LogP contribution >= 0.6 is 0 Å². The van der Waals surface area contributed by atoms with Gasteiger partial charge >= 0.3 is 0 Å². The van der Waals surface area contributed by atoms with E-state index >= 15 is 0 Å². The van der Waals surface area contributed by atoms with Gasteiger partial charge in [-0.25, -0.2) is 8.78 Å². The van der Waals surface area contributed by atoms with Crippen molar-refractivity contribution in [3.05, 3.63) is 35.4 Å². The lowest BCUT2D eigenvalue weighted by Crippen LogP contribution is -2.15. The summed E-state index contributed by atoms with van der Waals surface area (Å²) in [6, 6.07) is 3.43. The summed E-state index contributed by atoms with van der Waals surface area (Å²) in [5.74, 6) is -1.15. The van der Waals surface area contributed by atoms with Crippen molar-refractivity contribution in [1.82, 2.24) is 0 Å². The minimum atomic E-state index is -0.571. The first-order chi connectivity index (χ1) is 6.49. The molecule has 0 radical (unpaired) electrons. The van der Waals surface area contributed by atoms with Crippen LogP contribution in [0.3, 0.4) is 0 Å². The number of halogens is 2. The van der Waals surface area contributed by atoms with E-state index in [1.807, 2.05) is 6.92 Å². The topological polar surface area (TPSA) is 20.2 Å². The molecule has 1 aromatic carbocycles. The highest BCUT2D eigenvalue weighted by molar-refractivity contribution is 5.18. The standard InChI is InChI=1S/C11H14F2O/c1-7(8(2)14)3-9-4-10(12)6-11(13)5-9/h4-8,14H,3H2,1-2H3. The van der Waals surface area contributed by atoms with Crippen molar-refractivity contribution in [2.75, 3.05) is 0 Å². The van der Waals surface area contributed by atoms with Gasteiger partial charge in [0.25, 0.3) is 0 Å². The first-order valence-electron chi connectivity index (χ1n) is 4.62. The summed E-state index contributed by atoms with van der Waals surface area (Å²) >= 11 is 0. The zero-order valence-corrected chi connectivity index (χ0v) is 8.30. The van der Waals surface area contributed by atoms with Gasteiger partial charge in [0.2, 0.25) is 0 Å². The van der Waals surface area contributed by atoms with E-state index in [0.29, 0.717) is 12.0 Å². The zero-order chi connectivity index (χ0) is 10.7. The summed E-state index contributed by atoms with van der Waals surface area (Å²) in [6.07, 6.45) is 0.00753. The number of rotatable bonds is 3. The number of benzene rings is 1. The lowest BCUT2D eigenvalue weighted by atomic mass is 9.97. The second-order valence-corrected chi connectivity index (χ2v) is 3.70. The Balaban J connectivity index is 2.76. The van der Waals surface area contributed by atoms with E-state index in [4.69, 9.17) is 0 Å². The van der Waals surface area contributed by atoms with Crippen LogP contribution in [0.15, 0.2) is 18.2 Å². The average molecular weight is 200 g/mol. The Hall–Kier alpha value is -0.960. The molecule has 78 valence electrons. The molecule has 0 saturated heterocycles. The fraction of sp³-hybridized carbons (Fsp3) is 0.455. The van der Waals surface area contributed by atoms with Gasteiger partial charge in [0.15, 0.2) is 0 Å². The Bertz CT molecular complexity index is 290. The molecule has 1 rings (SSSR count). The van der Waals surface area contributed by atoms with Crippen molar-refractivity contribution in [2.24, 2.45) is 5.92 Å². The molecular formula is C11H14F2O. The van der Waals surface area contributed by atoms with Crippen molar-refractivity contribution in [3.63, 3.8) is 0 Å². The number of hydrogen-bond donors (Lipinski definition) is 1. The number of aliphatic hydroxyl groups excluding tert-OH is 1. The van der Waals surface area contributed by atoms with Crippen molar-refractivity contribution in [2.45, 2.75) is 26.4 Å². The van der Waals surface area contributed by atoms with Gasteiger partial charge < -0.3 is 5.11 Å². The Labute approximate surface area is 82.4 Å². The van der Waals surface area contributed by atoms with Crippen LogP contribution < -0.4 is 0 Å². The van der Waals surface area contributed by atoms with Crippen LogP contribution in [0, 0.1) is 17.6 Å². The number of aliphatic hydroxyl groups is 1. The highest BCUT2D eigenvalue weighted by atomic mass is 19.1. The second kappa shape index (κ2) is 4.51. The van der Waals surface area contributed by atoms with Crippen molar-refractivity contribution >= 4 is 0 Å². The maximum atomic E-state index is 12.8. The van der Waals surface area contributed by atoms with E-state index < -0.39 is 17.7 Å². The summed E-state index contributed by atoms with van der Waals surface area (Å²) in [5, 5.41) is 9.23. The summed E-state index contributed by atoms with van der Waals surface area (Å²) in [4.78, 5) is 0. The highest BCUT2D eigenvalue weighted by Gasteiger charge is 2.10. The molecule has 1 aromatic rings. The van der Waals surface area contributed by atoms with Crippen LogP contribution in [-0.4, -0.2) is 11.2 Å². The molecule has 0 spiro atoms. The molecule has 1 nitrogen and oxygen atoms in total. The zero-order valence-electron chi connectivity index (χ0n) is 8.30. The first kappa shape index (κ1) is 11.1. The van der Waals surface area contributed by atoms with Gasteiger partial charge in [-0.15, -0.1) is 0 Å². The van der Waals surface area contributed by atoms with Gasteiger partial charge in [-0.05, 0) is 37.0 Å². The first-order valence-corrected chi connectivity index (χ1v) is 4.62. The molecule has 14 heavy (non-hydrogen) atoms. The maximum absolute atomic E-state index is 12.8. The molecule has 0 amide bonds. The van der Waals surface area contributed by atoms with Gasteiger partial charge in [-0.1, -0.05) is 6.92 Å². The molecule has 3 heteroatoms. The molecule has 2 atom stereocenters. The van der Waals surface area contributed by atoms with E-state index in [-0.39, 0.29) is 5.92 Å². The van der Waals surface area contributed by atoms with Crippen molar-refractivity contribution in [1.29, 1.82) is 0 Å². The molecule has 0 aromatic heterocycles. The van der Waals surface area contributed by atoms with E-state index in [2.05, 4.69) is 0 Å². The molecular weight excluding hydrogens is 186 g/mol. The molecule has 0 saturated carbocycles. The number of hydrogen-bond acceptors (Lipinski definition) is 1. The lowest BCUT2D eigenvalue weighted by molar-refractivity contribution is 0.135. The van der Waals surface area contributed by atoms with Gasteiger partial charge in [0.05, 0.1) is 6.10 Å². The van der Waals surface area contributed by atoms with Crippen LogP contribution in [-0.2, 0) is 6.42 Å². The van der Waals surface area contributed by atoms with Crippen LogP contribution in [0.25, 0.3) is 0 Å². The Morgan fingerprint density at radius 1 is 1.14 bits per heavy atom. The van der Waals surface area contributed by atoms with E-state index in [0.717, 1.165) is 6.07 Å². The molecule has 0 heterocycles. The van der Waals surface area contributed by atoms with Gasteiger partial charge in [-0.2, -0.15) is 0 Å². The lowest BCUT2D eigenvalue weighted by Gasteiger charge is -2.14.